The SMILES string of the molecule is O=C(NCc1ccc2nc[nH]c2c1)C1CC1. The Morgan fingerprint density at radius 1 is 1.50 bits per heavy atom. The van der Waals surface area contributed by atoms with E-state index in [9.17, 15) is 4.79 Å². The molecule has 1 heterocycles. The summed E-state index contributed by atoms with van der Waals surface area (Å²) in [4.78, 5) is 18.7. The minimum Gasteiger partial charge on any atom is -0.352 e. The quantitative estimate of drug-likeness (QED) is 0.816. The van der Waals surface area contributed by atoms with Gasteiger partial charge in [-0.15, -0.1) is 0 Å². The molecule has 0 saturated heterocycles. The maximum Gasteiger partial charge on any atom is 0.223 e. The van der Waals surface area contributed by atoms with Crippen molar-refractivity contribution in [1.29, 1.82) is 0 Å². The molecule has 0 atom stereocenters. The van der Waals surface area contributed by atoms with Gasteiger partial charge in [-0.1, -0.05) is 6.07 Å². The Morgan fingerprint density at radius 3 is 3.19 bits per heavy atom. The minimum atomic E-state index is 0.185. The van der Waals surface area contributed by atoms with Crippen LogP contribution in [0.15, 0.2) is 24.5 Å². The van der Waals surface area contributed by atoms with Crippen LogP contribution in [0.3, 0.4) is 0 Å². The number of carbonyl (C=O) groups is 1. The summed E-state index contributed by atoms with van der Waals surface area (Å²) in [7, 11) is 0. The van der Waals surface area contributed by atoms with Gasteiger partial charge < -0.3 is 10.3 Å². The van der Waals surface area contributed by atoms with Crippen molar-refractivity contribution in [2.24, 2.45) is 5.92 Å². The van der Waals surface area contributed by atoms with Gasteiger partial charge in [0.1, 0.15) is 0 Å². The number of aromatic amines is 1. The Balaban J connectivity index is 1.70. The molecule has 1 aromatic carbocycles. The highest BCUT2D eigenvalue weighted by atomic mass is 16.2. The van der Waals surface area contributed by atoms with Crippen LogP contribution >= 0.6 is 0 Å². The first-order chi connectivity index (χ1) is 7.83. The number of rotatable bonds is 3. The third kappa shape index (κ3) is 1.78. The predicted molar refractivity (Wildman–Crippen MR) is 60.7 cm³/mol. The molecule has 0 bridgehead atoms. The van der Waals surface area contributed by atoms with Crippen LogP contribution in [0.25, 0.3) is 11.0 Å². The maximum atomic E-state index is 11.5. The van der Waals surface area contributed by atoms with Crippen molar-refractivity contribution < 1.29 is 4.79 Å². The van der Waals surface area contributed by atoms with Crippen LogP contribution in [0.1, 0.15) is 18.4 Å². The fourth-order valence-corrected chi connectivity index (χ4v) is 1.77. The molecule has 0 unspecified atom stereocenters. The second-order valence-corrected chi connectivity index (χ2v) is 4.25. The molecule has 1 amide bonds. The summed E-state index contributed by atoms with van der Waals surface area (Å²) in [5, 5.41) is 2.94. The van der Waals surface area contributed by atoms with Crippen LogP contribution in [-0.4, -0.2) is 15.9 Å². The predicted octanol–water partition coefficient (Wildman–Crippen LogP) is 1.59. The second-order valence-electron chi connectivity index (χ2n) is 4.25. The third-order valence-corrected chi connectivity index (χ3v) is 2.90. The Bertz CT molecular complexity index is 528. The molecule has 0 radical (unpaired) electrons. The lowest BCUT2D eigenvalue weighted by Crippen LogP contribution is -2.24. The first-order valence-corrected chi connectivity index (χ1v) is 5.52. The van der Waals surface area contributed by atoms with Crippen molar-refractivity contribution in [1.82, 2.24) is 15.3 Å². The van der Waals surface area contributed by atoms with Crippen molar-refractivity contribution in [2.45, 2.75) is 19.4 Å². The highest BCUT2D eigenvalue weighted by molar-refractivity contribution is 5.81. The fourth-order valence-electron chi connectivity index (χ4n) is 1.77. The first-order valence-electron chi connectivity index (χ1n) is 5.52. The largest absolute Gasteiger partial charge is 0.352 e. The lowest BCUT2D eigenvalue weighted by Gasteiger charge is -2.04. The summed E-state index contributed by atoms with van der Waals surface area (Å²) in [5.41, 5.74) is 3.07. The van der Waals surface area contributed by atoms with E-state index >= 15 is 0 Å². The molecule has 1 fully saturated rings. The average Bonchev–Trinajstić information content (AvgIpc) is 3.04. The molecule has 1 aliphatic rings. The zero-order chi connectivity index (χ0) is 11.0. The van der Waals surface area contributed by atoms with Crippen LogP contribution < -0.4 is 5.32 Å². The molecule has 1 aliphatic carbocycles. The Kier molecular flexibility index (Phi) is 2.13. The molecule has 4 heteroatoms. The molecule has 2 N–H and O–H groups in total. The average molecular weight is 215 g/mol. The monoisotopic (exact) mass is 215 g/mol. The van der Waals surface area contributed by atoms with E-state index in [1.807, 2.05) is 18.2 Å². The summed E-state index contributed by atoms with van der Waals surface area (Å²) in [6.45, 7) is 0.601. The second kappa shape index (κ2) is 3.63. The molecule has 1 saturated carbocycles. The summed E-state index contributed by atoms with van der Waals surface area (Å²) in [6, 6.07) is 5.98. The van der Waals surface area contributed by atoms with Gasteiger partial charge in [-0.3, -0.25) is 4.79 Å². The van der Waals surface area contributed by atoms with Crippen LogP contribution in [0.5, 0.6) is 0 Å². The van der Waals surface area contributed by atoms with Crippen LogP contribution in [0.2, 0.25) is 0 Å². The fraction of sp³-hybridized carbons (Fsp3) is 0.333. The number of fused-ring (bicyclic) bond motifs is 1. The zero-order valence-electron chi connectivity index (χ0n) is 8.86. The lowest BCUT2D eigenvalue weighted by molar-refractivity contribution is -0.122. The van der Waals surface area contributed by atoms with Gasteiger partial charge in [-0.25, -0.2) is 4.98 Å². The number of amides is 1. The zero-order valence-corrected chi connectivity index (χ0v) is 8.86. The van der Waals surface area contributed by atoms with E-state index in [1.165, 1.54) is 0 Å². The highest BCUT2D eigenvalue weighted by Crippen LogP contribution is 2.28. The van der Waals surface area contributed by atoms with Gasteiger partial charge in [0, 0.05) is 12.5 Å². The summed E-state index contributed by atoms with van der Waals surface area (Å²) in [5.74, 6) is 0.459. The van der Waals surface area contributed by atoms with Crippen molar-refractivity contribution in [3.8, 4) is 0 Å². The van der Waals surface area contributed by atoms with E-state index in [0.717, 1.165) is 29.4 Å². The summed E-state index contributed by atoms with van der Waals surface area (Å²) >= 11 is 0. The van der Waals surface area contributed by atoms with Gasteiger partial charge >= 0.3 is 0 Å². The van der Waals surface area contributed by atoms with Crippen LogP contribution in [0, 0.1) is 5.92 Å². The number of nitrogens with zero attached hydrogens (tertiary/aromatic N) is 1. The van der Waals surface area contributed by atoms with Gasteiger partial charge in [0.05, 0.1) is 17.4 Å². The highest BCUT2D eigenvalue weighted by Gasteiger charge is 2.29. The molecule has 1 aromatic heterocycles. The van der Waals surface area contributed by atoms with Gasteiger partial charge in [-0.2, -0.15) is 0 Å². The number of benzene rings is 1. The minimum absolute atomic E-state index is 0.185. The Hall–Kier alpha value is -1.84. The molecule has 3 rings (SSSR count). The van der Waals surface area contributed by atoms with Crippen LogP contribution in [0.4, 0.5) is 0 Å². The van der Waals surface area contributed by atoms with Crippen molar-refractivity contribution in [3.63, 3.8) is 0 Å². The maximum absolute atomic E-state index is 11.5. The molecule has 16 heavy (non-hydrogen) atoms. The number of aromatic nitrogens is 2. The molecular formula is C12H13N3O. The van der Waals surface area contributed by atoms with E-state index in [4.69, 9.17) is 0 Å². The smallest absolute Gasteiger partial charge is 0.223 e. The standard InChI is InChI=1S/C12H13N3O/c16-12(9-2-3-9)13-6-8-1-4-10-11(5-8)15-7-14-10/h1,4-5,7,9H,2-3,6H2,(H,13,16)(H,14,15). The number of carbonyl (C=O) groups excluding carboxylic acids is 1. The normalized spacial score (nSPS) is 15.2. The van der Waals surface area contributed by atoms with E-state index < -0.39 is 0 Å². The van der Waals surface area contributed by atoms with E-state index in [2.05, 4.69) is 15.3 Å². The molecule has 2 aromatic rings. The number of hydrogen-bond donors (Lipinski definition) is 2. The molecule has 82 valence electrons. The molecule has 0 spiro atoms. The number of nitrogens with one attached hydrogen (secondary N) is 2. The topological polar surface area (TPSA) is 57.8 Å². The summed E-state index contributed by atoms with van der Waals surface area (Å²) < 4.78 is 0. The summed E-state index contributed by atoms with van der Waals surface area (Å²) in [6.07, 6.45) is 3.77. The number of H-pyrrole nitrogens is 1. The lowest BCUT2D eigenvalue weighted by atomic mass is 10.2. The number of imidazole rings is 1. The van der Waals surface area contributed by atoms with Gasteiger partial charge in [-0.05, 0) is 30.5 Å². The Morgan fingerprint density at radius 2 is 2.38 bits per heavy atom. The van der Waals surface area contributed by atoms with Gasteiger partial charge in [0.15, 0.2) is 0 Å². The van der Waals surface area contributed by atoms with Crippen molar-refractivity contribution >= 4 is 16.9 Å². The van der Waals surface area contributed by atoms with Crippen molar-refractivity contribution in [3.05, 3.63) is 30.1 Å². The van der Waals surface area contributed by atoms with Crippen molar-refractivity contribution in [2.75, 3.05) is 0 Å². The van der Waals surface area contributed by atoms with Gasteiger partial charge in [0.2, 0.25) is 5.91 Å². The van der Waals surface area contributed by atoms with E-state index in [-0.39, 0.29) is 11.8 Å². The Labute approximate surface area is 93.1 Å². The van der Waals surface area contributed by atoms with E-state index in [0.29, 0.717) is 6.54 Å². The molecular weight excluding hydrogens is 202 g/mol. The van der Waals surface area contributed by atoms with Gasteiger partial charge in [0.25, 0.3) is 0 Å². The number of hydrogen-bond acceptors (Lipinski definition) is 2. The molecule has 0 aliphatic heterocycles. The van der Waals surface area contributed by atoms with E-state index in [1.54, 1.807) is 6.33 Å². The first kappa shape index (κ1) is 9.39. The van der Waals surface area contributed by atoms with Crippen LogP contribution in [-0.2, 0) is 11.3 Å². The molecule has 4 nitrogen and oxygen atoms in total. The third-order valence-electron chi connectivity index (χ3n) is 2.90.